The van der Waals surface area contributed by atoms with E-state index in [0.29, 0.717) is 24.4 Å². The number of amides is 3. The maximum absolute atomic E-state index is 12.8. The highest BCUT2D eigenvalue weighted by atomic mass is 19.4. The van der Waals surface area contributed by atoms with Crippen molar-refractivity contribution in [3.63, 3.8) is 0 Å². The molecule has 0 aliphatic heterocycles. The first-order valence-corrected chi connectivity index (χ1v) is 10.2. The lowest BCUT2D eigenvalue weighted by atomic mass is 10.1. The molecular weight excluding hydrogens is 423 g/mol. The Morgan fingerprint density at radius 1 is 1.00 bits per heavy atom. The molecule has 0 heterocycles. The topological polar surface area (TPSA) is 70.7 Å². The van der Waals surface area contributed by atoms with Crippen LogP contribution in [0.25, 0.3) is 0 Å². The van der Waals surface area contributed by atoms with Gasteiger partial charge in [-0.05, 0) is 49.2 Å². The fourth-order valence-electron chi connectivity index (χ4n) is 2.92. The summed E-state index contributed by atoms with van der Waals surface area (Å²) in [5.74, 6) is -0.144. The number of carbonyl (C=O) groups excluding carboxylic acids is 2. The fourth-order valence-corrected chi connectivity index (χ4v) is 2.92. The molecular formula is C23H28F3N3O3. The van der Waals surface area contributed by atoms with Crippen molar-refractivity contribution in [3.8, 4) is 0 Å². The van der Waals surface area contributed by atoms with E-state index in [0.717, 1.165) is 17.7 Å². The van der Waals surface area contributed by atoms with Gasteiger partial charge in [0.25, 0.3) is 0 Å². The van der Waals surface area contributed by atoms with Crippen molar-refractivity contribution >= 4 is 17.6 Å². The van der Waals surface area contributed by atoms with Crippen LogP contribution < -0.4 is 15.5 Å². The molecule has 0 saturated carbocycles. The predicted octanol–water partition coefficient (Wildman–Crippen LogP) is 4.14. The number of carbonyl (C=O) groups is 2. The first kappa shape index (κ1) is 25.2. The zero-order chi connectivity index (χ0) is 23.7. The summed E-state index contributed by atoms with van der Waals surface area (Å²) in [5.41, 5.74) is 1.14. The van der Waals surface area contributed by atoms with E-state index < -0.39 is 11.7 Å². The number of urea groups is 1. The van der Waals surface area contributed by atoms with Crippen molar-refractivity contribution in [2.75, 3.05) is 25.2 Å². The number of nitrogens with zero attached hydrogens (tertiary/aromatic N) is 1. The van der Waals surface area contributed by atoms with Gasteiger partial charge in [0.15, 0.2) is 0 Å². The summed E-state index contributed by atoms with van der Waals surface area (Å²) in [4.78, 5) is 26.2. The average molecular weight is 451 g/mol. The maximum Gasteiger partial charge on any atom is 0.416 e. The number of hydrogen-bond acceptors (Lipinski definition) is 3. The minimum atomic E-state index is -4.42. The SMILES string of the molecule is COCCNC(=O)Cc1ccc(N(Cc2ccc(C(F)(F)F)cc2)C(=O)NC(C)C)cc1. The molecule has 0 spiro atoms. The van der Waals surface area contributed by atoms with Crippen LogP contribution in [0.1, 0.15) is 30.5 Å². The highest BCUT2D eigenvalue weighted by Crippen LogP contribution is 2.29. The van der Waals surface area contributed by atoms with Crippen molar-refractivity contribution < 1.29 is 27.5 Å². The van der Waals surface area contributed by atoms with Gasteiger partial charge in [-0.25, -0.2) is 4.79 Å². The molecule has 2 aromatic carbocycles. The van der Waals surface area contributed by atoms with Crippen molar-refractivity contribution in [1.82, 2.24) is 10.6 Å². The highest BCUT2D eigenvalue weighted by Gasteiger charge is 2.30. The van der Waals surface area contributed by atoms with Gasteiger partial charge in [0, 0.05) is 25.4 Å². The van der Waals surface area contributed by atoms with E-state index in [9.17, 15) is 22.8 Å². The molecule has 9 heteroatoms. The molecule has 0 radical (unpaired) electrons. The van der Waals surface area contributed by atoms with E-state index in [1.54, 1.807) is 31.4 Å². The Bertz CT molecular complexity index is 882. The predicted molar refractivity (Wildman–Crippen MR) is 116 cm³/mol. The Morgan fingerprint density at radius 3 is 2.12 bits per heavy atom. The first-order chi connectivity index (χ1) is 15.1. The molecule has 6 nitrogen and oxygen atoms in total. The summed E-state index contributed by atoms with van der Waals surface area (Å²) in [6, 6.07) is 11.1. The molecule has 0 aromatic heterocycles. The van der Waals surface area contributed by atoms with Crippen LogP contribution >= 0.6 is 0 Å². The number of halogens is 3. The van der Waals surface area contributed by atoms with Gasteiger partial charge in [-0.3, -0.25) is 9.69 Å². The van der Waals surface area contributed by atoms with Crippen LogP contribution in [0.2, 0.25) is 0 Å². The minimum absolute atomic E-state index is 0.0908. The van der Waals surface area contributed by atoms with Crippen LogP contribution in [0.5, 0.6) is 0 Å². The molecule has 0 saturated heterocycles. The van der Waals surface area contributed by atoms with Gasteiger partial charge in [0.05, 0.1) is 25.1 Å². The zero-order valence-corrected chi connectivity index (χ0v) is 18.3. The van der Waals surface area contributed by atoms with Crippen molar-refractivity contribution in [2.45, 2.75) is 39.0 Å². The lowest BCUT2D eigenvalue weighted by Gasteiger charge is -2.25. The van der Waals surface area contributed by atoms with Crippen LogP contribution in [-0.2, 0) is 28.7 Å². The zero-order valence-electron chi connectivity index (χ0n) is 18.3. The van der Waals surface area contributed by atoms with Gasteiger partial charge in [-0.15, -0.1) is 0 Å². The molecule has 0 unspecified atom stereocenters. The molecule has 174 valence electrons. The Kier molecular flexibility index (Phi) is 9.07. The van der Waals surface area contributed by atoms with Gasteiger partial charge in [0.2, 0.25) is 5.91 Å². The van der Waals surface area contributed by atoms with Gasteiger partial charge in [-0.1, -0.05) is 24.3 Å². The third-order valence-corrected chi connectivity index (χ3v) is 4.52. The number of benzene rings is 2. The van der Waals surface area contributed by atoms with Crippen LogP contribution in [0.4, 0.5) is 23.7 Å². The van der Waals surface area contributed by atoms with Gasteiger partial charge < -0.3 is 15.4 Å². The second kappa shape index (κ2) is 11.5. The summed E-state index contributed by atoms with van der Waals surface area (Å²) in [6.07, 6.45) is -4.24. The Labute approximate surface area is 185 Å². The lowest BCUT2D eigenvalue weighted by molar-refractivity contribution is -0.137. The maximum atomic E-state index is 12.8. The summed E-state index contributed by atoms with van der Waals surface area (Å²) < 4.78 is 43.4. The average Bonchev–Trinajstić information content (AvgIpc) is 2.72. The van der Waals surface area contributed by atoms with Gasteiger partial charge in [0.1, 0.15) is 0 Å². The van der Waals surface area contributed by atoms with Crippen molar-refractivity contribution in [3.05, 3.63) is 65.2 Å². The monoisotopic (exact) mass is 451 g/mol. The number of alkyl halides is 3. The van der Waals surface area contributed by atoms with Crippen molar-refractivity contribution in [1.29, 1.82) is 0 Å². The number of ether oxygens (including phenoxy) is 1. The Morgan fingerprint density at radius 2 is 1.59 bits per heavy atom. The molecule has 0 bridgehead atoms. The molecule has 2 aromatic rings. The molecule has 0 aliphatic carbocycles. The minimum Gasteiger partial charge on any atom is -0.383 e. The van der Waals surface area contributed by atoms with Crippen molar-refractivity contribution in [2.24, 2.45) is 0 Å². The summed E-state index contributed by atoms with van der Waals surface area (Å²) in [6.45, 7) is 4.57. The van der Waals surface area contributed by atoms with Gasteiger partial charge in [-0.2, -0.15) is 13.2 Å². The molecule has 2 rings (SSSR count). The normalized spacial score (nSPS) is 11.3. The third-order valence-electron chi connectivity index (χ3n) is 4.52. The fraction of sp³-hybridized carbons (Fsp3) is 0.391. The molecule has 2 N–H and O–H groups in total. The summed E-state index contributed by atoms with van der Waals surface area (Å²) >= 11 is 0. The third kappa shape index (κ3) is 7.88. The molecule has 32 heavy (non-hydrogen) atoms. The molecule has 0 atom stereocenters. The summed E-state index contributed by atoms with van der Waals surface area (Å²) in [5, 5.41) is 5.54. The Hall–Kier alpha value is -3.07. The van der Waals surface area contributed by atoms with Crippen LogP contribution in [-0.4, -0.2) is 38.2 Å². The summed E-state index contributed by atoms with van der Waals surface area (Å²) in [7, 11) is 1.55. The van der Waals surface area contributed by atoms with Gasteiger partial charge >= 0.3 is 12.2 Å². The second-order valence-electron chi connectivity index (χ2n) is 7.57. The highest BCUT2D eigenvalue weighted by molar-refractivity contribution is 5.92. The standard InChI is InChI=1S/C23H28F3N3O3/c1-16(2)28-22(31)29(15-18-4-8-19(9-5-18)23(24,25)26)20-10-6-17(7-11-20)14-21(30)27-12-13-32-3/h4-11,16H,12-15H2,1-3H3,(H,27,30)(H,28,31). The van der Waals surface area contributed by atoms with E-state index in [4.69, 9.17) is 4.74 Å². The van der Waals surface area contributed by atoms with E-state index in [1.807, 2.05) is 13.8 Å². The smallest absolute Gasteiger partial charge is 0.383 e. The van der Waals surface area contributed by atoms with Crippen LogP contribution in [0.15, 0.2) is 48.5 Å². The largest absolute Gasteiger partial charge is 0.416 e. The van der Waals surface area contributed by atoms with Crippen LogP contribution in [0.3, 0.4) is 0 Å². The number of anilines is 1. The van der Waals surface area contributed by atoms with E-state index in [-0.39, 0.29) is 30.9 Å². The van der Waals surface area contributed by atoms with E-state index >= 15 is 0 Å². The molecule has 0 fully saturated rings. The number of hydrogen-bond donors (Lipinski definition) is 2. The quantitative estimate of drug-likeness (QED) is 0.563. The van der Waals surface area contributed by atoms with Crippen LogP contribution in [0, 0.1) is 0 Å². The number of nitrogens with one attached hydrogen (secondary N) is 2. The van der Waals surface area contributed by atoms with E-state index in [1.165, 1.54) is 17.0 Å². The Balaban J connectivity index is 2.16. The first-order valence-electron chi connectivity index (χ1n) is 10.2. The number of rotatable bonds is 9. The molecule has 3 amide bonds. The van der Waals surface area contributed by atoms with E-state index in [2.05, 4.69) is 10.6 Å². The molecule has 0 aliphatic rings. The lowest BCUT2D eigenvalue weighted by Crippen LogP contribution is -2.42. The second-order valence-corrected chi connectivity index (χ2v) is 7.57. The number of methoxy groups -OCH3 is 1.